The summed E-state index contributed by atoms with van der Waals surface area (Å²) in [6, 6.07) is 3.79. The molecule has 0 spiro atoms. The fraction of sp³-hybridized carbons (Fsp3) is 0.364. The molecule has 75 valence electrons. The van der Waals surface area contributed by atoms with E-state index >= 15 is 0 Å². The molecule has 1 aromatic carbocycles. The minimum absolute atomic E-state index is 0.494. The molecule has 0 atom stereocenters. The third kappa shape index (κ3) is 2.20. The van der Waals surface area contributed by atoms with Gasteiger partial charge < -0.3 is 0 Å². The summed E-state index contributed by atoms with van der Waals surface area (Å²) in [6.45, 7) is 4.18. The Labute approximate surface area is 98.2 Å². The summed E-state index contributed by atoms with van der Waals surface area (Å²) < 4.78 is 0.494. The van der Waals surface area contributed by atoms with Crippen molar-refractivity contribution in [2.24, 2.45) is 0 Å². The van der Waals surface area contributed by atoms with Gasteiger partial charge in [0.05, 0.1) is 0 Å². The van der Waals surface area contributed by atoms with Crippen LogP contribution < -0.4 is 0 Å². The molecule has 0 bridgehead atoms. The van der Waals surface area contributed by atoms with Gasteiger partial charge in [-0.3, -0.25) is 0 Å². The summed E-state index contributed by atoms with van der Waals surface area (Å²) in [6.07, 6.45) is 1.84. The van der Waals surface area contributed by atoms with Gasteiger partial charge in [0.15, 0.2) is 0 Å². The molecular formula is C11H13ClNSe. The first-order chi connectivity index (χ1) is 6.61. The summed E-state index contributed by atoms with van der Waals surface area (Å²) in [5, 5.41) is 8.44. The number of halogens is 1. The quantitative estimate of drug-likeness (QED) is 0.647. The van der Waals surface area contributed by atoms with Gasteiger partial charge in [-0.1, -0.05) is 0 Å². The van der Waals surface area contributed by atoms with E-state index in [9.17, 15) is 0 Å². The van der Waals surface area contributed by atoms with E-state index in [0.29, 0.717) is 4.61 Å². The maximum atomic E-state index is 7.62. The van der Waals surface area contributed by atoms with Gasteiger partial charge in [0.25, 0.3) is 0 Å². The first-order valence-corrected chi connectivity index (χ1v) is 5.91. The first-order valence-electron chi connectivity index (χ1n) is 4.68. The van der Waals surface area contributed by atoms with E-state index in [0.717, 1.165) is 23.4 Å². The van der Waals surface area contributed by atoms with Crippen molar-refractivity contribution in [2.45, 2.75) is 26.7 Å². The predicted octanol–water partition coefficient (Wildman–Crippen LogP) is 2.96. The maximum absolute atomic E-state index is 7.62. The molecule has 1 nitrogen and oxygen atoms in total. The van der Waals surface area contributed by atoms with E-state index in [4.69, 9.17) is 17.0 Å². The van der Waals surface area contributed by atoms with Crippen molar-refractivity contribution in [3.05, 3.63) is 33.8 Å². The Bertz CT molecular complexity index is 361. The Morgan fingerprint density at radius 1 is 1.29 bits per heavy atom. The molecule has 1 aromatic rings. The Morgan fingerprint density at radius 2 is 1.86 bits per heavy atom. The van der Waals surface area contributed by atoms with Crippen molar-refractivity contribution in [3.8, 4) is 0 Å². The summed E-state index contributed by atoms with van der Waals surface area (Å²) in [5.41, 5.74) is 3.35. The van der Waals surface area contributed by atoms with Crippen LogP contribution in [0.4, 0.5) is 0 Å². The average Bonchev–Trinajstić information content (AvgIpc) is 2.16. The van der Waals surface area contributed by atoms with Crippen LogP contribution in [0.1, 0.15) is 30.5 Å². The Hall–Kier alpha value is -0.301. The Balaban J connectivity index is 3.40. The van der Waals surface area contributed by atoms with Crippen molar-refractivity contribution in [1.82, 2.24) is 0 Å². The molecule has 1 rings (SSSR count). The third-order valence-corrected chi connectivity index (χ3v) is 3.14. The van der Waals surface area contributed by atoms with Crippen LogP contribution in [0.5, 0.6) is 0 Å². The van der Waals surface area contributed by atoms with Gasteiger partial charge in [0.2, 0.25) is 0 Å². The van der Waals surface area contributed by atoms with Gasteiger partial charge in [-0.2, -0.15) is 0 Å². The molecule has 0 unspecified atom stereocenters. The predicted molar refractivity (Wildman–Crippen MR) is 62.8 cm³/mol. The van der Waals surface area contributed by atoms with Gasteiger partial charge in [-0.15, -0.1) is 0 Å². The van der Waals surface area contributed by atoms with Gasteiger partial charge in [-0.05, 0) is 0 Å². The van der Waals surface area contributed by atoms with Crippen LogP contribution in [0.3, 0.4) is 0 Å². The van der Waals surface area contributed by atoms with E-state index < -0.39 is 0 Å². The van der Waals surface area contributed by atoms with Crippen LogP contribution in [-0.4, -0.2) is 20.6 Å². The van der Waals surface area contributed by atoms with Crippen LogP contribution in [0.15, 0.2) is 12.1 Å². The molecule has 0 fully saturated rings. The molecule has 0 aliphatic rings. The summed E-state index contributed by atoms with van der Waals surface area (Å²) >= 11 is 8.85. The Kier molecular flexibility index (Phi) is 4.18. The number of hydrogen-bond donors (Lipinski definition) is 1. The van der Waals surface area contributed by atoms with Crippen LogP contribution in [0.25, 0.3) is 0 Å². The van der Waals surface area contributed by atoms with E-state index in [1.807, 2.05) is 12.1 Å². The van der Waals surface area contributed by atoms with Crippen LogP contribution >= 0.6 is 11.6 Å². The molecule has 0 aliphatic heterocycles. The zero-order valence-electron chi connectivity index (χ0n) is 8.36. The zero-order chi connectivity index (χ0) is 10.7. The molecule has 14 heavy (non-hydrogen) atoms. The molecule has 0 saturated heterocycles. The van der Waals surface area contributed by atoms with Gasteiger partial charge in [-0.25, -0.2) is 0 Å². The Morgan fingerprint density at radius 3 is 2.29 bits per heavy atom. The second kappa shape index (κ2) is 4.97. The number of benzene rings is 1. The summed E-state index contributed by atoms with van der Waals surface area (Å²) in [4.78, 5) is 0. The van der Waals surface area contributed by atoms with Crippen LogP contribution in [0.2, 0.25) is 5.02 Å². The zero-order valence-corrected chi connectivity index (χ0v) is 10.8. The first kappa shape index (κ1) is 11.8. The number of hydrogen-bond acceptors (Lipinski definition) is 1. The van der Waals surface area contributed by atoms with E-state index in [2.05, 4.69) is 29.9 Å². The van der Waals surface area contributed by atoms with E-state index in [-0.39, 0.29) is 0 Å². The topological polar surface area (TPSA) is 23.9 Å². The van der Waals surface area contributed by atoms with E-state index in [1.165, 1.54) is 11.1 Å². The standard InChI is InChI=1S/C11H13ClNSe/c1-3-7-8(4-2)10(12)6-5-9(7)11(13)14/h5-6,13H,3-4H2,1-2H3. The molecular weight excluding hydrogens is 261 g/mol. The summed E-state index contributed by atoms with van der Waals surface area (Å²) in [5.74, 6) is 0. The molecule has 0 heterocycles. The molecule has 0 aliphatic carbocycles. The van der Waals surface area contributed by atoms with Crippen molar-refractivity contribution >= 4 is 32.2 Å². The van der Waals surface area contributed by atoms with E-state index in [1.54, 1.807) is 0 Å². The molecule has 0 aromatic heterocycles. The SMILES string of the molecule is CCc1c(Cl)ccc(C(=N)[Se])c1CC. The van der Waals surface area contributed by atoms with Crippen LogP contribution in [-0.2, 0) is 12.8 Å². The average molecular weight is 274 g/mol. The second-order valence-electron chi connectivity index (χ2n) is 3.09. The fourth-order valence-electron chi connectivity index (χ4n) is 1.66. The fourth-order valence-corrected chi connectivity index (χ4v) is 2.38. The van der Waals surface area contributed by atoms with Crippen molar-refractivity contribution in [3.63, 3.8) is 0 Å². The van der Waals surface area contributed by atoms with Gasteiger partial charge in [0.1, 0.15) is 0 Å². The monoisotopic (exact) mass is 274 g/mol. The van der Waals surface area contributed by atoms with Crippen molar-refractivity contribution in [1.29, 1.82) is 5.41 Å². The van der Waals surface area contributed by atoms with Crippen LogP contribution in [0, 0.1) is 5.41 Å². The van der Waals surface area contributed by atoms with Crippen molar-refractivity contribution in [2.75, 3.05) is 0 Å². The van der Waals surface area contributed by atoms with Gasteiger partial charge in [0, 0.05) is 0 Å². The molecule has 1 radical (unpaired) electrons. The molecule has 0 saturated carbocycles. The summed E-state index contributed by atoms with van der Waals surface area (Å²) in [7, 11) is 0. The molecule has 0 amide bonds. The molecule has 1 N–H and O–H groups in total. The second-order valence-corrected chi connectivity index (χ2v) is 4.35. The third-order valence-electron chi connectivity index (χ3n) is 2.33. The molecule has 3 heteroatoms. The number of rotatable bonds is 3. The van der Waals surface area contributed by atoms with Gasteiger partial charge >= 0.3 is 98.2 Å². The normalized spacial score (nSPS) is 10.2. The minimum atomic E-state index is 0.494. The van der Waals surface area contributed by atoms with Crippen molar-refractivity contribution < 1.29 is 0 Å². The number of nitrogens with one attached hydrogen (secondary N) is 1.